The van der Waals surface area contributed by atoms with Crippen LogP contribution in [0.5, 0.6) is 0 Å². The van der Waals surface area contributed by atoms with Crippen molar-refractivity contribution in [2.24, 2.45) is 0 Å². The number of nitrogens with one attached hydrogen (secondary N) is 2. The van der Waals surface area contributed by atoms with Crippen molar-refractivity contribution in [3.05, 3.63) is 35.1 Å². The first kappa shape index (κ1) is 53.2. The highest BCUT2D eigenvalue weighted by Gasteiger charge is 2.61. The highest BCUT2D eigenvalue weighted by molar-refractivity contribution is 8.56. The Morgan fingerprint density at radius 2 is 1.83 bits per heavy atom. The second kappa shape index (κ2) is 23.1. The molecule has 3 fully saturated rings. The number of ketones is 1. The molecule has 0 spiro atoms. The Morgan fingerprint density at radius 3 is 2.44 bits per heavy atom. The Labute approximate surface area is 394 Å². The van der Waals surface area contributed by atoms with Gasteiger partial charge in [-0.05, 0) is 67.1 Å². The summed E-state index contributed by atoms with van der Waals surface area (Å²) >= 11 is 13.8. The van der Waals surface area contributed by atoms with Crippen molar-refractivity contribution >= 4 is 64.9 Å². The minimum Gasteiger partial charge on any atom is -0.453 e. The van der Waals surface area contributed by atoms with E-state index >= 15 is 0 Å². The van der Waals surface area contributed by atoms with Gasteiger partial charge in [-0.15, -0.1) is 0 Å². The Morgan fingerprint density at radius 1 is 1.11 bits per heavy atom. The van der Waals surface area contributed by atoms with Crippen LogP contribution in [0.1, 0.15) is 47.0 Å². The van der Waals surface area contributed by atoms with E-state index in [0.29, 0.717) is 0 Å². The number of hydrogen-bond acceptors (Lipinski definition) is 19. The van der Waals surface area contributed by atoms with Gasteiger partial charge in [-0.1, -0.05) is 50.8 Å². The van der Waals surface area contributed by atoms with Gasteiger partial charge in [0.15, 0.2) is 30.3 Å². The second-order valence-electron chi connectivity index (χ2n) is 16.5. The predicted octanol–water partition coefficient (Wildman–Crippen LogP) is 1.22. The summed E-state index contributed by atoms with van der Waals surface area (Å²) in [6.07, 6.45) is -2.94. The van der Waals surface area contributed by atoms with E-state index in [4.69, 9.17) is 60.3 Å². The van der Waals surface area contributed by atoms with E-state index in [2.05, 4.69) is 34.3 Å². The Bertz CT molecular complexity index is 2000. The number of rotatable bonds is 16. The van der Waals surface area contributed by atoms with E-state index < -0.39 is 97.9 Å². The van der Waals surface area contributed by atoms with Crippen LogP contribution in [-0.4, -0.2) is 180 Å². The van der Waals surface area contributed by atoms with E-state index in [1.54, 1.807) is 32.6 Å². The summed E-state index contributed by atoms with van der Waals surface area (Å²) in [5, 5.41) is 52.9. The zero-order chi connectivity index (χ0) is 47.1. The highest BCUT2D eigenvalue weighted by atomic mass is 33.1. The van der Waals surface area contributed by atoms with Gasteiger partial charge in [0.2, 0.25) is 0 Å². The maximum Gasteiger partial charge on any atom is 0.411 e. The van der Waals surface area contributed by atoms with Crippen LogP contribution in [0.3, 0.4) is 0 Å². The van der Waals surface area contributed by atoms with Gasteiger partial charge >= 0.3 is 6.09 Å². The number of fused-ring (bicyclic) bond motifs is 2. The summed E-state index contributed by atoms with van der Waals surface area (Å²) in [7, 11) is 0.654. The molecule has 3 heterocycles. The van der Waals surface area contributed by atoms with E-state index in [-0.39, 0.29) is 71.6 Å². The molecule has 64 heavy (non-hydrogen) atoms. The van der Waals surface area contributed by atoms with Gasteiger partial charge in [-0.25, -0.2) is 4.79 Å². The number of ether oxygens (including phenoxy) is 8. The average molecular weight is 991 g/mol. The van der Waals surface area contributed by atoms with Crippen LogP contribution in [0.2, 0.25) is 0 Å². The van der Waals surface area contributed by atoms with Gasteiger partial charge in [-0.3, -0.25) is 10.1 Å². The molecule has 0 aromatic carbocycles. The summed E-state index contributed by atoms with van der Waals surface area (Å²) in [5.74, 6) is 10.8. The summed E-state index contributed by atoms with van der Waals surface area (Å²) in [6, 6.07) is -0.0506. The van der Waals surface area contributed by atoms with Crippen molar-refractivity contribution in [3.63, 3.8) is 0 Å². The molecule has 0 saturated carbocycles. The molecule has 5 rings (SSSR count). The minimum absolute atomic E-state index is 0.0562. The van der Waals surface area contributed by atoms with Crippen LogP contribution >= 0.6 is 23.5 Å². The van der Waals surface area contributed by atoms with Crippen molar-refractivity contribution in [2.45, 2.75) is 142 Å². The summed E-state index contributed by atoms with van der Waals surface area (Å²) in [6.45, 7) is 7.15. The van der Waals surface area contributed by atoms with Gasteiger partial charge < -0.3 is 63.6 Å². The fraction of sp³-hybridized carbons (Fsp3) is 0.721. The molecule has 0 aromatic rings. The minimum atomic E-state index is -2.10. The molecule has 3 saturated heterocycles. The zero-order valence-corrected chi connectivity index (χ0v) is 41.6. The van der Waals surface area contributed by atoms with Crippen molar-refractivity contribution < 1.29 is 67.9 Å². The number of aliphatic hydroxyl groups is 4. The number of carbonyl (C=O) groups excluding carboxylic acids is 2. The lowest BCUT2D eigenvalue weighted by atomic mass is 9.75. The Balaban J connectivity index is 1.63. The number of carbonyl (C=O) groups is 2. The third-order valence-corrected chi connectivity index (χ3v) is 16.1. The quantitative estimate of drug-likeness (QED) is 0.120. The second-order valence-corrected chi connectivity index (χ2v) is 25.9. The molecule has 0 aromatic heterocycles. The summed E-state index contributed by atoms with van der Waals surface area (Å²) in [5.41, 5.74) is -2.35. The Hall–Kier alpha value is -1.71. The number of Topliss-reactive ketones (excluding diaryl/α,β-unsaturated/α-hetero) is 1. The van der Waals surface area contributed by atoms with Gasteiger partial charge in [0, 0.05) is 42.9 Å². The molecule has 0 radical (unpaired) electrons. The van der Waals surface area contributed by atoms with Crippen molar-refractivity contribution in [1.82, 2.24) is 10.6 Å². The molecule has 2 aliphatic carbocycles. The van der Waals surface area contributed by atoms with Crippen LogP contribution in [0.15, 0.2) is 35.1 Å². The van der Waals surface area contributed by atoms with Crippen LogP contribution in [0.25, 0.3) is 0 Å². The fourth-order valence-electron chi connectivity index (χ4n) is 8.72. The SMILES string of the molecule is COC(=O)NC1=C2C(=CCS(C)(=S)=S)C(O)(C#C/C=C\C#CC2O[C@@H]2O[C@H](C)[C@@](SC)(C(CO)O[C@H]3C[C@H](O)[C@H](SC)[C@@H](C)O3)[C@H](O)[C@H]2O[C@H]2C[C@H](OC)[C@@H](NC(C)C)CO2)CC1=O. The lowest BCUT2D eigenvalue weighted by molar-refractivity contribution is -0.338. The largest absolute Gasteiger partial charge is 0.453 e. The van der Waals surface area contributed by atoms with Crippen molar-refractivity contribution in [3.8, 4) is 23.7 Å². The maximum absolute atomic E-state index is 14.0. The van der Waals surface area contributed by atoms with Gasteiger partial charge in [0.05, 0.1) is 72.9 Å². The molecular formula is C43H62N2O14S5. The number of allylic oxidation sites excluding steroid dienone is 3. The lowest BCUT2D eigenvalue weighted by Crippen LogP contribution is -2.71. The standard InChI is InChI=1S/C43H62N2O14S5/c1-23(2)44-27-22-54-33(19-31(27)52-5)59-37-39(49)43(63-8,32(21-46)58-34-18-28(47)38(62-7)24(3)55-34)25(4)56-40(37)57-30-14-12-10-11-13-16-42(51)20-29(48)36(45-41(50)53-6)35(30)26(42)15-17-64(9,60)61/h10-11,15,23-25,27-28,30-34,37-40,44,46-47,49,51H,17-22H2,1-9H3,(H,45,50)/b11-10-,26-15?/t24-,25-,27+,28+,30?,31+,32?,33+,34+,37-,38-,39-,40+,42?,43-/m1/s1. The average Bonchev–Trinajstić information content (AvgIpc) is 3.22. The van der Waals surface area contributed by atoms with Gasteiger partial charge in [0.1, 0.15) is 24.4 Å². The summed E-state index contributed by atoms with van der Waals surface area (Å²) in [4.78, 5) is 26.9. The molecule has 1 amide bonds. The number of thioether (sulfide) groups is 2. The monoisotopic (exact) mass is 990 g/mol. The zero-order valence-electron chi connectivity index (χ0n) is 37.5. The number of methoxy groups -OCH3 is 2. The first-order valence-electron chi connectivity index (χ1n) is 20.9. The normalized spacial score (nSPS) is 38.4. The maximum atomic E-state index is 14.0. The van der Waals surface area contributed by atoms with E-state index in [9.17, 15) is 30.0 Å². The topological polar surface area (TPSA) is 213 Å². The smallest absolute Gasteiger partial charge is 0.411 e. The molecular weight excluding hydrogens is 929 g/mol. The summed E-state index contributed by atoms with van der Waals surface area (Å²) < 4.78 is 48.4. The van der Waals surface area contributed by atoms with Crippen LogP contribution in [0.4, 0.5) is 4.79 Å². The third-order valence-electron chi connectivity index (χ3n) is 11.7. The van der Waals surface area contributed by atoms with E-state index in [1.807, 2.05) is 27.0 Å². The number of alkyl carbamates (subject to hydrolysis) is 1. The highest BCUT2D eigenvalue weighted by Crippen LogP contribution is 2.47. The van der Waals surface area contributed by atoms with Gasteiger partial charge in [-0.2, -0.15) is 23.5 Å². The molecule has 21 heteroatoms. The van der Waals surface area contributed by atoms with E-state index in [0.717, 1.165) is 7.11 Å². The van der Waals surface area contributed by atoms with Crippen molar-refractivity contribution in [2.75, 3.05) is 52.0 Å². The van der Waals surface area contributed by atoms with Gasteiger partial charge in [0.25, 0.3) is 0 Å². The molecule has 15 atom stereocenters. The van der Waals surface area contributed by atoms with Crippen LogP contribution in [0, 0.1) is 23.7 Å². The first-order chi connectivity index (χ1) is 30.2. The molecule has 3 unspecified atom stereocenters. The molecule has 5 aliphatic rings. The molecule has 2 bridgehead atoms. The van der Waals surface area contributed by atoms with E-state index in [1.165, 1.54) is 35.7 Å². The Kier molecular flexibility index (Phi) is 19.2. The predicted molar refractivity (Wildman–Crippen MR) is 251 cm³/mol. The molecule has 16 nitrogen and oxygen atoms in total. The fourth-order valence-corrected chi connectivity index (χ4v) is 11.6. The third kappa shape index (κ3) is 12.3. The number of hydrogen-bond donors (Lipinski definition) is 6. The molecule has 6 N–H and O–H groups in total. The molecule has 358 valence electrons. The van der Waals surface area contributed by atoms with Crippen LogP contribution in [-0.2, 0) is 72.2 Å². The molecule has 3 aliphatic heterocycles. The first-order valence-corrected chi connectivity index (χ1v) is 27.5. The number of aliphatic hydroxyl groups excluding tert-OH is 3. The van der Waals surface area contributed by atoms with Crippen LogP contribution < -0.4 is 10.6 Å². The lowest BCUT2D eigenvalue weighted by Gasteiger charge is -2.54. The number of amides is 1. The van der Waals surface area contributed by atoms with Crippen molar-refractivity contribution in [1.29, 1.82) is 0 Å².